The number of ether oxygens (including phenoxy) is 3. The van der Waals surface area contributed by atoms with Crippen molar-refractivity contribution in [2.24, 2.45) is 4.99 Å². The lowest BCUT2D eigenvalue weighted by molar-refractivity contribution is -0.138. The van der Waals surface area contributed by atoms with Gasteiger partial charge in [-0.3, -0.25) is 4.79 Å². The summed E-state index contributed by atoms with van der Waals surface area (Å²) in [4.78, 5) is 31.2. The van der Waals surface area contributed by atoms with Crippen LogP contribution in [0.1, 0.15) is 54.4 Å². The van der Waals surface area contributed by atoms with E-state index in [1.54, 1.807) is 4.57 Å². The highest BCUT2D eigenvalue weighted by Crippen LogP contribution is 2.37. The van der Waals surface area contributed by atoms with Crippen molar-refractivity contribution in [1.82, 2.24) is 9.47 Å². The highest BCUT2D eigenvalue weighted by atomic mass is 32.1. The average Bonchev–Trinajstić information content (AvgIpc) is 3.52. The monoisotopic (exact) mass is 571 g/mol. The molecule has 0 bridgehead atoms. The van der Waals surface area contributed by atoms with Gasteiger partial charge >= 0.3 is 12.3 Å². The fourth-order valence-electron chi connectivity index (χ4n) is 4.38. The van der Waals surface area contributed by atoms with E-state index in [0.29, 0.717) is 13.2 Å². The van der Waals surface area contributed by atoms with Gasteiger partial charge in [0.1, 0.15) is 18.5 Å². The quantitative estimate of drug-likeness (QED) is 0.546. The number of amides is 2. The number of nitrogens with zero attached hydrogens (tertiary/aromatic N) is 3. The number of thiazole rings is 1. The molecule has 0 spiro atoms. The van der Waals surface area contributed by atoms with Gasteiger partial charge in [-0.25, -0.2) is 4.79 Å². The molecule has 2 aliphatic rings. The van der Waals surface area contributed by atoms with E-state index in [1.165, 1.54) is 17.4 Å². The molecule has 2 aromatic rings. The van der Waals surface area contributed by atoms with Gasteiger partial charge in [0, 0.05) is 24.2 Å². The summed E-state index contributed by atoms with van der Waals surface area (Å²) in [6.45, 7) is 7.15. The first kappa shape index (κ1) is 29.1. The molecular weight excluding hydrogens is 539 g/mol. The van der Waals surface area contributed by atoms with Crippen LogP contribution in [0, 0.1) is 0 Å². The summed E-state index contributed by atoms with van der Waals surface area (Å²) >= 11 is 1.25. The Bertz CT molecular complexity index is 1260. The smallest absolute Gasteiger partial charge is 0.417 e. The highest BCUT2D eigenvalue weighted by Gasteiger charge is 2.37. The van der Waals surface area contributed by atoms with Crippen LogP contribution < -0.4 is 9.54 Å². The maximum Gasteiger partial charge on any atom is 0.417 e. The zero-order chi connectivity index (χ0) is 28.4. The molecule has 0 saturated carbocycles. The topological polar surface area (TPSA) is 103 Å². The van der Waals surface area contributed by atoms with Crippen molar-refractivity contribution in [2.45, 2.75) is 64.0 Å². The van der Waals surface area contributed by atoms with E-state index in [9.17, 15) is 27.9 Å². The third kappa shape index (κ3) is 7.20. The fourth-order valence-corrected chi connectivity index (χ4v) is 5.44. The minimum atomic E-state index is -4.83. The van der Waals surface area contributed by atoms with Crippen molar-refractivity contribution in [3.63, 3.8) is 0 Å². The first-order valence-corrected chi connectivity index (χ1v) is 13.5. The lowest BCUT2D eigenvalue weighted by atomic mass is 9.95. The maximum atomic E-state index is 14.0. The number of benzene rings is 1. The normalized spacial score (nSPS) is 20.9. The van der Waals surface area contributed by atoms with Crippen LogP contribution in [-0.2, 0) is 27.6 Å². The van der Waals surface area contributed by atoms with Gasteiger partial charge in [-0.1, -0.05) is 26.8 Å². The molecule has 39 heavy (non-hydrogen) atoms. The number of rotatable bonds is 6. The third-order valence-corrected chi connectivity index (χ3v) is 7.91. The summed E-state index contributed by atoms with van der Waals surface area (Å²) < 4.78 is 60.7. The van der Waals surface area contributed by atoms with E-state index >= 15 is 0 Å². The molecule has 9 nitrogen and oxygen atoms in total. The Kier molecular flexibility index (Phi) is 8.72. The van der Waals surface area contributed by atoms with Crippen LogP contribution in [0.4, 0.5) is 18.0 Å². The molecule has 3 heterocycles. The zero-order valence-corrected chi connectivity index (χ0v) is 22.8. The van der Waals surface area contributed by atoms with Crippen LogP contribution >= 0.6 is 11.3 Å². The molecule has 0 radical (unpaired) electrons. The molecule has 2 saturated heterocycles. The molecule has 2 amide bonds. The number of carbonyl (C=O) groups excluding carboxylic acids is 1. The summed E-state index contributed by atoms with van der Waals surface area (Å²) in [5, 5.41) is 9.23. The number of morpholine rings is 1. The van der Waals surface area contributed by atoms with Gasteiger partial charge in [0.2, 0.25) is 0 Å². The van der Waals surface area contributed by atoms with E-state index < -0.39 is 35.4 Å². The Morgan fingerprint density at radius 3 is 2.56 bits per heavy atom. The highest BCUT2D eigenvalue weighted by molar-refractivity contribution is 7.09. The molecule has 2 fully saturated rings. The maximum absolute atomic E-state index is 14.0. The molecule has 0 unspecified atom stereocenters. The number of hydrogen-bond donors (Lipinski definition) is 1. The largest absolute Gasteiger partial charge is 0.490 e. The van der Waals surface area contributed by atoms with Gasteiger partial charge in [-0.15, -0.1) is 11.3 Å². The summed E-state index contributed by atoms with van der Waals surface area (Å²) in [5.74, 6) is -1.38. The molecule has 0 aliphatic carbocycles. The van der Waals surface area contributed by atoms with Crippen molar-refractivity contribution in [3.8, 4) is 5.75 Å². The predicted molar refractivity (Wildman–Crippen MR) is 136 cm³/mol. The van der Waals surface area contributed by atoms with Crippen LogP contribution in [0.3, 0.4) is 0 Å². The van der Waals surface area contributed by atoms with E-state index in [1.807, 2.05) is 27.0 Å². The Hall–Kier alpha value is -2.90. The van der Waals surface area contributed by atoms with Crippen LogP contribution in [-0.4, -0.2) is 71.7 Å². The standard InChI is InChI=1S/C26H32F3N3O6S/c1-25(2,3)20-14-32(12-16-6-5-10-36-16)23(39-20)30-22(33)21-18(26(27,28)29)7-4-8-19(21)38-15-17-13-31(24(34)35)9-11-37-17/h4,7-8,14,16-17H,5-6,9-13,15H2,1-3H3,(H,34,35)/b30-23-/t16-,17+/m1/s1. The summed E-state index contributed by atoms with van der Waals surface area (Å²) in [5.41, 5.74) is -2.13. The SMILES string of the molecule is CC(C)(C)c1cn(C[C@H]2CCCO2)/c(=N/C(=O)c2c(OC[C@@H]3CN(C(=O)O)CCO3)cccc2C(F)(F)F)s1. The minimum absolute atomic E-state index is 0.00401. The second-order valence-corrected chi connectivity index (χ2v) is 11.6. The second-order valence-electron chi connectivity index (χ2n) is 10.5. The van der Waals surface area contributed by atoms with E-state index in [-0.39, 0.29) is 48.4 Å². The summed E-state index contributed by atoms with van der Waals surface area (Å²) in [6, 6.07) is 3.24. The number of alkyl halides is 3. The van der Waals surface area contributed by atoms with Crippen molar-refractivity contribution >= 4 is 23.3 Å². The lowest BCUT2D eigenvalue weighted by Crippen LogP contribution is -2.47. The number of carbonyl (C=O) groups is 2. The van der Waals surface area contributed by atoms with E-state index in [2.05, 4.69) is 4.99 Å². The molecular formula is C26H32F3N3O6S. The van der Waals surface area contributed by atoms with E-state index in [4.69, 9.17) is 14.2 Å². The van der Waals surface area contributed by atoms with Gasteiger partial charge in [0.25, 0.3) is 5.91 Å². The van der Waals surface area contributed by atoms with Gasteiger partial charge < -0.3 is 28.8 Å². The molecule has 1 aromatic carbocycles. The van der Waals surface area contributed by atoms with Crippen LogP contribution in [0.25, 0.3) is 0 Å². The lowest BCUT2D eigenvalue weighted by Gasteiger charge is -2.31. The molecule has 2 atom stereocenters. The van der Waals surface area contributed by atoms with Gasteiger partial charge in [0.05, 0.1) is 36.9 Å². The van der Waals surface area contributed by atoms with Crippen molar-refractivity contribution in [3.05, 3.63) is 45.2 Å². The second kappa shape index (κ2) is 11.7. The molecule has 13 heteroatoms. The molecule has 2 aliphatic heterocycles. The number of aromatic nitrogens is 1. The Balaban J connectivity index is 1.68. The first-order valence-electron chi connectivity index (χ1n) is 12.7. The number of halogens is 3. The third-order valence-electron chi connectivity index (χ3n) is 6.46. The molecule has 4 rings (SSSR count). The number of hydrogen-bond acceptors (Lipinski definition) is 6. The molecule has 1 N–H and O–H groups in total. The Morgan fingerprint density at radius 2 is 1.92 bits per heavy atom. The van der Waals surface area contributed by atoms with Crippen LogP contribution in [0.15, 0.2) is 29.4 Å². The van der Waals surface area contributed by atoms with E-state index in [0.717, 1.165) is 34.8 Å². The van der Waals surface area contributed by atoms with Gasteiger partial charge in [-0.05, 0) is 30.4 Å². The zero-order valence-electron chi connectivity index (χ0n) is 22.0. The fraction of sp³-hybridized carbons (Fsp3) is 0.577. The van der Waals surface area contributed by atoms with Gasteiger partial charge in [0.15, 0.2) is 4.80 Å². The summed E-state index contributed by atoms with van der Waals surface area (Å²) in [7, 11) is 0. The first-order chi connectivity index (χ1) is 18.3. The Morgan fingerprint density at radius 1 is 1.18 bits per heavy atom. The van der Waals surface area contributed by atoms with Crippen LogP contribution in [0.5, 0.6) is 5.75 Å². The molecule has 214 valence electrons. The van der Waals surface area contributed by atoms with Crippen molar-refractivity contribution < 1.29 is 42.1 Å². The van der Waals surface area contributed by atoms with Crippen LogP contribution in [0.2, 0.25) is 0 Å². The van der Waals surface area contributed by atoms with Gasteiger partial charge in [-0.2, -0.15) is 18.2 Å². The Labute approximate surface area is 227 Å². The van der Waals surface area contributed by atoms with Crippen molar-refractivity contribution in [2.75, 3.05) is 32.9 Å². The predicted octanol–water partition coefficient (Wildman–Crippen LogP) is 4.54. The van der Waals surface area contributed by atoms with Crippen molar-refractivity contribution in [1.29, 1.82) is 0 Å². The molecule has 1 aromatic heterocycles. The number of carboxylic acid groups (broad SMARTS) is 1. The average molecular weight is 572 g/mol. The summed E-state index contributed by atoms with van der Waals surface area (Å²) in [6.07, 6.45) is -3.09. The minimum Gasteiger partial charge on any atom is -0.490 e.